The SMILES string of the molecule is CC(C)(C)c1ccc(N(c2ccccc2)c2ccc(-n3nc(-c4ccccc4)cc3-c3ccccc3)cc2)cc1. The minimum Gasteiger partial charge on any atom is -0.311 e. The molecule has 0 saturated carbocycles. The molecule has 0 atom stereocenters. The van der Waals surface area contributed by atoms with Gasteiger partial charge in [-0.25, -0.2) is 4.68 Å². The van der Waals surface area contributed by atoms with Gasteiger partial charge in [0.1, 0.15) is 0 Å². The highest BCUT2D eigenvalue weighted by Gasteiger charge is 2.17. The number of nitrogens with zero attached hydrogens (tertiary/aromatic N) is 3. The third-order valence-corrected chi connectivity index (χ3v) is 7.21. The van der Waals surface area contributed by atoms with Crippen LogP contribution in [0.1, 0.15) is 26.3 Å². The predicted octanol–water partition coefficient (Wildman–Crippen LogP) is 9.97. The molecule has 3 nitrogen and oxygen atoms in total. The van der Waals surface area contributed by atoms with Gasteiger partial charge in [0.2, 0.25) is 0 Å². The Morgan fingerprint density at radius 2 is 1.00 bits per heavy atom. The molecule has 196 valence electrons. The predicted molar refractivity (Wildman–Crippen MR) is 168 cm³/mol. The normalized spacial score (nSPS) is 11.4. The molecule has 0 fully saturated rings. The molecular weight excluding hydrogens is 486 g/mol. The van der Waals surface area contributed by atoms with Crippen LogP contribution in [0.2, 0.25) is 0 Å². The van der Waals surface area contributed by atoms with E-state index >= 15 is 0 Å². The zero-order valence-corrected chi connectivity index (χ0v) is 23.2. The van der Waals surface area contributed by atoms with Gasteiger partial charge in [-0.15, -0.1) is 0 Å². The van der Waals surface area contributed by atoms with E-state index in [1.807, 2.05) is 16.8 Å². The van der Waals surface area contributed by atoms with Gasteiger partial charge in [0.15, 0.2) is 0 Å². The fourth-order valence-electron chi connectivity index (χ4n) is 5.02. The monoisotopic (exact) mass is 519 g/mol. The average Bonchev–Trinajstić information content (AvgIpc) is 3.45. The van der Waals surface area contributed by atoms with E-state index < -0.39 is 0 Å². The summed E-state index contributed by atoms with van der Waals surface area (Å²) in [5.41, 5.74) is 10.0. The van der Waals surface area contributed by atoms with Gasteiger partial charge in [0.05, 0.1) is 17.1 Å². The number of para-hydroxylation sites is 1. The molecule has 40 heavy (non-hydrogen) atoms. The Kier molecular flexibility index (Phi) is 6.79. The lowest BCUT2D eigenvalue weighted by Crippen LogP contribution is -2.13. The number of rotatable bonds is 6. The van der Waals surface area contributed by atoms with E-state index in [9.17, 15) is 0 Å². The van der Waals surface area contributed by atoms with Crippen molar-refractivity contribution in [3.8, 4) is 28.2 Å². The van der Waals surface area contributed by atoms with Gasteiger partial charge >= 0.3 is 0 Å². The smallest absolute Gasteiger partial charge is 0.0934 e. The summed E-state index contributed by atoms with van der Waals surface area (Å²) in [5, 5.41) is 5.05. The molecule has 0 aliphatic carbocycles. The Morgan fingerprint density at radius 3 is 1.55 bits per heavy atom. The third kappa shape index (κ3) is 5.19. The van der Waals surface area contributed by atoms with E-state index in [1.54, 1.807) is 0 Å². The molecule has 6 aromatic rings. The van der Waals surface area contributed by atoms with Gasteiger partial charge in [-0.05, 0) is 65.6 Å². The third-order valence-electron chi connectivity index (χ3n) is 7.21. The molecule has 0 aliphatic heterocycles. The molecule has 1 aromatic heterocycles. The molecule has 0 saturated heterocycles. The topological polar surface area (TPSA) is 21.1 Å². The van der Waals surface area contributed by atoms with Gasteiger partial charge in [-0.3, -0.25) is 0 Å². The van der Waals surface area contributed by atoms with Crippen molar-refractivity contribution >= 4 is 17.1 Å². The fourth-order valence-corrected chi connectivity index (χ4v) is 5.02. The van der Waals surface area contributed by atoms with Crippen molar-refractivity contribution in [2.24, 2.45) is 0 Å². The van der Waals surface area contributed by atoms with E-state index in [2.05, 4.69) is 159 Å². The van der Waals surface area contributed by atoms with E-state index in [4.69, 9.17) is 5.10 Å². The summed E-state index contributed by atoms with van der Waals surface area (Å²) in [5.74, 6) is 0. The van der Waals surface area contributed by atoms with Crippen LogP contribution >= 0.6 is 0 Å². The lowest BCUT2D eigenvalue weighted by molar-refractivity contribution is 0.590. The lowest BCUT2D eigenvalue weighted by atomic mass is 9.87. The zero-order chi connectivity index (χ0) is 27.5. The summed E-state index contributed by atoms with van der Waals surface area (Å²) in [7, 11) is 0. The Hall–Kier alpha value is -4.89. The van der Waals surface area contributed by atoms with Crippen LogP contribution in [0.25, 0.3) is 28.2 Å². The first-order chi connectivity index (χ1) is 19.5. The summed E-state index contributed by atoms with van der Waals surface area (Å²) in [6.45, 7) is 6.74. The summed E-state index contributed by atoms with van der Waals surface area (Å²) in [4.78, 5) is 2.30. The Labute approximate surface area is 237 Å². The van der Waals surface area contributed by atoms with Crippen LogP contribution in [0.3, 0.4) is 0 Å². The second-order valence-corrected chi connectivity index (χ2v) is 11.0. The fraction of sp³-hybridized carbons (Fsp3) is 0.108. The molecule has 0 bridgehead atoms. The van der Waals surface area contributed by atoms with E-state index in [0.29, 0.717) is 0 Å². The molecule has 1 heterocycles. The van der Waals surface area contributed by atoms with E-state index in [0.717, 1.165) is 45.3 Å². The summed E-state index contributed by atoms with van der Waals surface area (Å²) in [6, 6.07) is 51.1. The van der Waals surface area contributed by atoms with Gasteiger partial charge in [-0.1, -0.05) is 112 Å². The van der Waals surface area contributed by atoms with Crippen molar-refractivity contribution in [1.82, 2.24) is 9.78 Å². The Balaban J connectivity index is 1.42. The summed E-state index contributed by atoms with van der Waals surface area (Å²) < 4.78 is 2.05. The van der Waals surface area contributed by atoms with Gasteiger partial charge in [-0.2, -0.15) is 5.10 Å². The Morgan fingerprint density at radius 1 is 0.525 bits per heavy atom. The summed E-state index contributed by atoms with van der Waals surface area (Å²) in [6.07, 6.45) is 0. The first-order valence-electron chi connectivity index (χ1n) is 13.7. The molecular formula is C37H33N3. The number of benzene rings is 5. The zero-order valence-electron chi connectivity index (χ0n) is 23.2. The maximum Gasteiger partial charge on any atom is 0.0934 e. The highest BCUT2D eigenvalue weighted by molar-refractivity contribution is 5.77. The van der Waals surface area contributed by atoms with Crippen molar-refractivity contribution in [2.75, 3.05) is 4.90 Å². The minimum absolute atomic E-state index is 0.108. The maximum absolute atomic E-state index is 5.05. The quantitative estimate of drug-likeness (QED) is 0.218. The molecule has 0 amide bonds. The van der Waals surface area contributed by atoms with Gasteiger partial charge in [0, 0.05) is 28.2 Å². The molecule has 0 aliphatic rings. The van der Waals surface area contributed by atoms with Crippen LogP contribution in [0.4, 0.5) is 17.1 Å². The largest absolute Gasteiger partial charge is 0.311 e. The number of anilines is 3. The Bertz CT molecular complexity index is 1680. The molecule has 0 radical (unpaired) electrons. The van der Waals surface area contributed by atoms with Crippen molar-refractivity contribution < 1.29 is 0 Å². The van der Waals surface area contributed by atoms with E-state index in [1.165, 1.54) is 5.56 Å². The second-order valence-electron chi connectivity index (χ2n) is 11.0. The maximum atomic E-state index is 5.05. The van der Waals surface area contributed by atoms with Crippen LogP contribution < -0.4 is 4.90 Å². The summed E-state index contributed by atoms with van der Waals surface area (Å²) >= 11 is 0. The molecule has 0 unspecified atom stereocenters. The second kappa shape index (κ2) is 10.7. The molecule has 5 aromatic carbocycles. The van der Waals surface area contributed by atoms with Crippen molar-refractivity contribution in [3.63, 3.8) is 0 Å². The van der Waals surface area contributed by atoms with Gasteiger partial charge < -0.3 is 4.90 Å². The average molecular weight is 520 g/mol. The first kappa shape index (κ1) is 25.4. The van der Waals surface area contributed by atoms with Crippen LogP contribution in [-0.2, 0) is 5.41 Å². The van der Waals surface area contributed by atoms with Crippen LogP contribution in [0, 0.1) is 0 Å². The van der Waals surface area contributed by atoms with Crippen molar-refractivity contribution in [3.05, 3.63) is 151 Å². The van der Waals surface area contributed by atoms with Crippen LogP contribution in [0.5, 0.6) is 0 Å². The highest BCUT2D eigenvalue weighted by atomic mass is 15.3. The van der Waals surface area contributed by atoms with Crippen molar-refractivity contribution in [1.29, 1.82) is 0 Å². The number of aromatic nitrogens is 2. The highest BCUT2D eigenvalue weighted by Crippen LogP contribution is 2.36. The standard InChI is InChI=1S/C37H33N3/c1-37(2,3)30-19-21-32(22-20-30)39(31-17-11-6-12-18-31)33-23-25-34(26-24-33)40-36(29-15-9-5-10-16-29)27-35(38-40)28-13-7-4-8-14-28/h4-27H,1-3H3. The van der Waals surface area contributed by atoms with Crippen LogP contribution in [-0.4, -0.2) is 9.78 Å². The van der Waals surface area contributed by atoms with E-state index in [-0.39, 0.29) is 5.41 Å². The van der Waals surface area contributed by atoms with Crippen molar-refractivity contribution in [2.45, 2.75) is 26.2 Å². The van der Waals surface area contributed by atoms with Gasteiger partial charge in [0.25, 0.3) is 0 Å². The number of hydrogen-bond acceptors (Lipinski definition) is 2. The minimum atomic E-state index is 0.108. The molecule has 6 rings (SSSR count). The first-order valence-corrected chi connectivity index (χ1v) is 13.7. The number of hydrogen-bond donors (Lipinski definition) is 0. The molecule has 0 spiro atoms. The van der Waals surface area contributed by atoms with Crippen LogP contribution in [0.15, 0.2) is 146 Å². The molecule has 0 N–H and O–H groups in total. The lowest BCUT2D eigenvalue weighted by Gasteiger charge is -2.27. The molecule has 3 heteroatoms.